The van der Waals surface area contributed by atoms with Gasteiger partial charge in [0.2, 0.25) is 0 Å². The number of H-pyrrole nitrogens is 1. The van der Waals surface area contributed by atoms with Gasteiger partial charge >= 0.3 is 6.09 Å². The van der Waals surface area contributed by atoms with E-state index in [0.29, 0.717) is 29.9 Å². The molecule has 0 saturated heterocycles. The summed E-state index contributed by atoms with van der Waals surface area (Å²) in [5.41, 5.74) is 2.73. The number of benzene rings is 1. The van der Waals surface area contributed by atoms with Gasteiger partial charge in [-0.2, -0.15) is 0 Å². The van der Waals surface area contributed by atoms with Gasteiger partial charge < -0.3 is 9.72 Å². The lowest BCUT2D eigenvalue weighted by molar-refractivity contribution is 0.108. The quantitative estimate of drug-likeness (QED) is 0.735. The highest BCUT2D eigenvalue weighted by atomic mass is 19.1. The summed E-state index contributed by atoms with van der Waals surface area (Å²) in [5.74, 6) is -1.39. The van der Waals surface area contributed by atoms with Crippen molar-refractivity contribution in [2.75, 3.05) is 13.7 Å². The van der Waals surface area contributed by atoms with Crippen LogP contribution in [0.2, 0.25) is 0 Å². The zero-order valence-electron chi connectivity index (χ0n) is 13.4. The van der Waals surface area contributed by atoms with Crippen molar-refractivity contribution in [2.24, 2.45) is 0 Å². The summed E-state index contributed by atoms with van der Waals surface area (Å²) in [4.78, 5) is 21.2. The molecule has 0 aliphatic carbocycles. The summed E-state index contributed by atoms with van der Waals surface area (Å²) in [6, 6.07) is 6.38. The van der Waals surface area contributed by atoms with Gasteiger partial charge in [-0.1, -0.05) is 0 Å². The third-order valence-corrected chi connectivity index (χ3v) is 4.51. The lowest BCUT2D eigenvalue weighted by Crippen LogP contribution is -2.40. The van der Waals surface area contributed by atoms with Gasteiger partial charge in [0.05, 0.1) is 7.11 Å². The van der Waals surface area contributed by atoms with E-state index in [1.807, 2.05) is 12.1 Å². The van der Waals surface area contributed by atoms with E-state index in [4.69, 9.17) is 4.74 Å². The van der Waals surface area contributed by atoms with E-state index in [1.165, 1.54) is 24.1 Å². The second-order valence-electron chi connectivity index (χ2n) is 5.94. The molecule has 0 saturated carbocycles. The molecule has 1 aliphatic heterocycles. The van der Waals surface area contributed by atoms with Gasteiger partial charge in [-0.05, 0) is 41.8 Å². The Bertz CT molecular complexity index is 950. The smallest absolute Gasteiger partial charge is 0.410 e. The first kappa shape index (κ1) is 15.6. The zero-order chi connectivity index (χ0) is 17.6. The number of hydrogen-bond donors (Lipinski definition) is 1. The molecule has 0 spiro atoms. The molecule has 3 heterocycles. The zero-order valence-corrected chi connectivity index (χ0v) is 13.4. The Morgan fingerprint density at radius 2 is 2.08 bits per heavy atom. The Morgan fingerprint density at radius 3 is 2.80 bits per heavy atom. The number of hydrogen-bond acceptors (Lipinski definition) is 3. The van der Waals surface area contributed by atoms with Crippen molar-refractivity contribution in [3.63, 3.8) is 0 Å². The Morgan fingerprint density at radius 1 is 1.32 bits per heavy atom. The van der Waals surface area contributed by atoms with Crippen LogP contribution in [0.3, 0.4) is 0 Å². The molecule has 5 nitrogen and oxygen atoms in total. The van der Waals surface area contributed by atoms with E-state index >= 15 is 0 Å². The predicted octanol–water partition coefficient (Wildman–Crippen LogP) is 3.56. The highest BCUT2D eigenvalue weighted by molar-refractivity contribution is 5.83. The van der Waals surface area contributed by atoms with Crippen LogP contribution in [-0.2, 0) is 11.2 Å². The van der Waals surface area contributed by atoms with E-state index in [1.54, 1.807) is 6.20 Å². The predicted molar refractivity (Wildman–Crippen MR) is 87.1 cm³/mol. The Kier molecular flexibility index (Phi) is 3.63. The van der Waals surface area contributed by atoms with Gasteiger partial charge in [-0.25, -0.2) is 18.6 Å². The lowest BCUT2D eigenvalue weighted by Gasteiger charge is -2.35. The molecule has 0 bridgehead atoms. The molecule has 25 heavy (non-hydrogen) atoms. The number of rotatable bonds is 1. The van der Waals surface area contributed by atoms with Crippen molar-refractivity contribution in [1.82, 2.24) is 14.9 Å². The average molecular weight is 343 g/mol. The Hall–Kier alpha value is -2.96. The number of pyridine rings is 1. The number of carbonyl (C=O) groups excluding carboxylic acids is 1. The summed E-state index contributed by atoms with van der Waals surface area (Å²) in [7, 11) is 1.29. The van der Waals surface area contributed by atoms with Gasteiger partial charge in [0.1, 0.15) is 23.3 Å². The fraction of sp³-hybridized carbons (Fsp3) is 0.222. The van der Waals surface area contributed by atoms with Crippen LogP contribution in [0, 0.1) is 11.6 Å². The molecule has 2 aromatic heterocycles. The molecule has 3 aromatic rings. The standard InChI is InChI=1S/C18H15F2N3O2/c1-25-18(24)23-6-4-13-14-3-2-5-21-17(14)22-15(13)16(23)10-7-11(19)9-12(20)8-10/h2-3,5,7-9,16H,4,6H2,1H3,(H,21,22). The highest BCUT2D eigenvalue weighted by Crippen LogP contribution is 2.38. The summed E-state index contributed by atoms with van der Waals surface area (Å²) in [5, 5.41) is 0.948. The largest absolute Gasteiger partial charge is 0.453 e. The van der Waals surface area contributed by atoms with Crippen LogP contribution < -0.4 is 0 Å². The number of fused-ring (bicyclic) bond motifs is 3. The van der Waals surface area contributed by atoms with Crippen molar-refractivity contribution in [2.45, 2.75) is 12.5 Å². The van der Waals surface area contributed by atoms with Crippen LogP contribution in [0.4, 0.5) is 13.6 Å². The van der Waals surface area contributed by atoms with E-state index in [0.717, 1.165) is 17.0 Å². The highest BCUT2D eigenvalue weighted by Gasteiger charge is 2.35. The molecule has 128 valence electrons. The maximum Gasteiger partial charge on any atom is 0.410 e. The number of aromatic nitrogens is 2. The van der Waals surface area contributed by atoms with Crippen LogP contribution in [0.15, 0.2) is 36.5 Å². The maximum absolute atomic E-state index is 13.8. The minimum Gasteiger partial charge on any atom is -0.453 e. The molecular formula is C18H15F2N3O2. The van der Waals surface area contributed by atoms with E-state index < -0.39 is 23.8 Å². The summed E-state index contributed by atoms with van der Waals surface area (Å²) < 4.78 is 32.4. The van der Waals surface area contributed by atoms with Gasteiger partial charge in [-0.15, -0.1) is 0 Å². The molecule has 1 aliphatic rings. The normalized spacial score (nSPS) is 16.8. The molecule has 1 N–H and O–H groups in total. The van der Waals surface area contributed by atoms with Gasteiger partial charge in [0.25, 0.3) is 0 Å². The minimum absolute atomic E-state index is 0.343. The molecule has 1 aromatic carbocycles. The number of methoxy groups -OCH3 is 1. The molecule has 1 atom stereocenters. The van der Waals surface area contributed by atoms with Gasteiger partial charge in [0.15, 0.2) is 0 Å². The van der Waals surface area contributed by atoms with E-state index in [-0.39, 0.29) is 0 Å². The molecular weight excluding hydrogens is 328 g/mol. The summed E-state index contributed by atoms with van der Waals surface area (Å²) in [6.07, 6.45) is 1.72. The van der Waals surface area contributed by atoms with E-state index in [9.17, 15) is 13.6 Å². The molecule has 7 heteroatoms. The van der Waals surface area contributed by atoms with Crippen molar-refractivity contribution < 1.29 is 18.3 Å². The summed E-state index contributed by atoms with van der Waals surface area (Å²) >= 11 is 0. The van der Waals surface area contributed by atoms with Crippen molar-refractivity contribution in [3.8, 4) is 0 Å². The third kappa shape index (κ3) is 2.52. The summed E-state index contributed by atoms with van der Waals surface area (Å²) in [6.45, 7) is 0.379. The van der Waals surface area contributed by atoms with Crippen LogP contribution in [-0.4, -0.2) is 34.6 Å². The number of ether oxygens (including phenoxy) is 1. The molecule has 0 fully saturated rings. The monoisotopic (exact) mass is 343 g/mol. The van der Waals surface area contributed by atoms with Crippen LogP contribution in [0.25, 0.3) is 11.0 Å². The second kappa shape index (κ2) is 5.84. The van der Waals surface area contributed by atoms with Crippen molar-refractivity contribution in [1.29, 1.82) is 0 Å². The van der Waals surface area contributed by atoms with Gasteiger partial charge in [0, 0.05) is 29.9 Å². The number of nitrogens with one attached hydrogen (secondary N) is 1. The first-order chi connectivity index (χ1) is 12.1. The van der Waals surface area contributed by atoms with E-state index in [2.05, 4.69) is 9.97 Å². The number of halogens is 2. The topological polar surface area (TPSA) is 58.2 Å². The molecule has 0 radical (unpaired) electrons. The van der Waals surface area contributed by atoms with Crippen LogP contribution in [0.1, 0.15) is 22.9 Å². The minimum atomic E-state index is -0.693. The average Bonchev–Trinajstić information content (AvgIpc) is 2.98. The SMILES string of the molecule is COC(=O)N1CCc2c([nH]c3ncccc23)C1c1cc(F)cc(F)c1. The first-order valence-electron chi connectivity index (χ1n) is 7.84. The van der Waals surface area contributed by atoms with Crippen LogP contribution in [0.5, 0.6) is 0 Å². The Balaban J connectivity index is 1.94. The van der Waals surface area contributed by atoms with Gasteiger partial charge in [-0.3, -0.25) is 4.90 Å². The molecule has 4 rings (SSSR count). The number of amides is 1. The second-order valence-corrected chi connectivity index (χ2v) is 5.94. The number of aromatic amines is 1. The fourth-order valence-corrected chi connectivity index (χ4v) is 3.51. The Labute approximate surface area is 142 Å². The van der Waals surface area contributed by atoms with Crippen molar-refractivity contribution >= 4 is 17.1 Å². The number of carbonyl (C=O) groups is 1. The molecule has 1 amide bonds. The molecule has 1 unspecified atom stereocenters. The lowest BCUT2D eigenvalue weighted by atomic mass is 9.93. The van der Waals surface area contributed by atoms with Crippen LogP contribution >= 0.6 is 0 Å². The fourth-order valence-electron chi connectivity index (χ4n) is 3.51. The maximum atomic E-state index is 13.8. The first-order valence-corrected chi connectivity index (χ1v) is 7.84. The number of nitrogens with zero attached hydrogens (tertiary/aromatic N) is 2. The van der Waals surface area contributed by atoms with Crippen molar-refractivity contribution in [3.05, 3.63) is 65.0 Å². The third-order valence-electron chi connectivity index (χ3n) is 4.51.